The Bertz CT molecular complexity index is 4070. The molecule has 6 saturated heterocycles. The molecule has 568 valence electrons. The van der Waals surface area contributed by atoms with E-state index in [-0.39, 0.29) is 87.7 Å². The summed E-state index contributed by atoms with van der Waals surface area (Å²) < 4.78 is 159. The van der Waals surface area contributed by atoms with E-state index in [9.17, 15) is 34.3 Å². The first-order valence-corrected chi connectivity index (χ1v) is 36.0. The molecule has 0 radical (unpaired) electrons. The fourth-order valence-corrected chi connectivity index (χ4v) is 17.0. The fraction of sp³-hybridized carbons (Fsp3) is 0.459. The lowest BCUT2D eigenvalue weighted by atomic mass is 9.66. The molecule has 0 aromatic heterocycles. The summed E-state index contributed by atoms with van der Waals surface area (Å²) in [7, 11) is -0.168. The van der Waals surface area contributed by atoms with Crippen LogP contribution in [-0.4, -0.2) is 182 Å². The summed E-state index contributed by atoms with van der Waals surface area (Å²) >= 11 is 0. The van der Waals surface area contributed by atoms with Gasteiger partial charge in [0.25, 0.3) is 0 Å². The highest BCUT2D eigenvalue weighted by atomic mass is 31.2. The third-order valence-corrected chi connectivity index (χ3v) is 21.7. The summed E-state index contributed by atoms with van der Waals surface area (Å²) in [6, 6.07) is 31.2. The molecule has 6 fully saturated rings. The van der Waals surface area contributed by atoms with Gasteiger partial charge in [-0.05, 0) is 107 Å². The van der Waals surface area contributed by atoms with Crippen molar-refractivity contribution in [3.63, 3.8) is 0 Å². The van der Waals surface area contributed by atoms with Gasteiger partial charge in [0.05, 0.1) is 78.9 Å². The predicted molar refractivity (Wildman–Crippen MR) is 355 cm³/mol. The van der Waals surface area contributed by atoms with Gasteiger partial charge in [0.1, 0.15) is 62.0 Å². The molecule has 6 aromatic rings. The van der Waals surface area contributed by atoms with Gasteiger partial charge in [-0.1, -0.05) is 60.7 Å². The van der Waals surface area contributed by atoms with Crippen molar-refractivity contribution in [2.45, 2.75) is 125 Å². The van der Waals surface area contributed by atoms with E-state index in [2.05, 4.69) is 0 Å². The Hall–Kier alpha value is -9.09. The van der Waals surface area contributed by atoms with Gasteiger partial charge in [-0.15, -0.1) is 0 Å². The Morgan fingerprint density at radius 2 is 0.850 bits per heavy atom. The molecule has 8 heterocycles. The number of rotatable bonds is 20. The fourth-order valence-electron chi connectivity index (χ4n) is 15.8. The molecule has 0 spiro atoms. The molecular formula is C74H75O32P. The Morgan fingerprint density at radius 3 is 1.21 bits per heavy atom. The first kappa shape index (κ1) is 72.1. The second kappa shape index (κ2) is 29.8. The topological polar surface area (TPSA) is 368 Å². The van der Waals surface area contributed by atoms with Crippen LogP contribution in [0, 0.1) is 23.7 Å². The van der Waals surface area contributed by atoms with Crippen LogP contribution < -0.4 is 47.4 Å². The average molecular weight is 1510 g/mol. The molecular weight excluding hydrogens is 1430 g/mol. The van der Waals surface area contributed by atoms with E-state index in [1.807, 2.05) is 12.1 Å². The molecule has 0 saturated carbocycles. The van der Waals surface area contributed by atoms with Crippen LogP contribution in [0.1, 0.15) is 82.4 Å². The van der Waals surface area contributed by atoms with Gasteiger partial charge in [0, 0.05) is 23.7 Å². The van der Waals surface area contributed by atoms with Crippen molar-refractivity contribution in [3.8, 4) is 57.5 Å². The summed E-state index contributed by atoms with van der Waals surface area (Å²) in [5.41, 5.74) is 4.18. The Balaban J connectivity index is 0.677. The molecule has 16 rings (SSSR count). The van der Waals surface area contributed by atoms with E-state index in [4.69, 9.17) is 113 Å². The minimum Gasteiger partial charge on any atom is -0.493 e. The van der Waals surface area contributed by atoms with Gasteiger partial charge in [0.2, 0.25) is 25.1 Å². The van der Waals surface area contributed by atoms with Crippen molar-refractivity contribution in [3.05, 3.63) is 154 Å². The van der Waals surface area contributed by atoms with Gasteiger partial charge in [-0.3, -0.25) is 18.6 Å². The van der Waals surface area contributed by atoms with E-state index >= 15 is 4.57 Å². The first-order valence-electron chi connectivity index (χ1n) is 34.5. The van der Waals surface area contributed by atoms with Crippen LogP contribution in [0.3, 0.4) is 0 Å². The number of carbonyl (C=O) groups is 4. The highest BCUT2D eigenvalue weighted by Gasteiger charge is 2.61. The molecule has 10 aliphatic rings. The van der Waals surface area contributed by atoms with E-state index in [0.717, 1.165) is 11.1 Å². The van der Waals surface area contributed by atoms with Crippen LogP contribution in [0.5, 0.6) is 57.5 Å². The zero-order valence-electron chi connectivity index (χ0n) is 58.2. The van der Waals surface area contributed by atoms with Crippen LogP contribution in [0.15, 0.2) is 109 Å². The number of phosphoric acid groups is 1. The quantitative estimate of drug-likeness (QED) is 0.0283. The molecule has 33 heteroatoms. The monoisotopic (exact) mass is 1510 g/mol. The van der Waals surface area contributed by atoms with E-state index in [1.165, 1.54) is 28.4 Å². The Kier molecular flexibility index (Phi) is 20.1. The number of hydrogen-bond donors (Lipinski definition) is 3. The van der Waals surface area contributed by atoms with Crippen LogP contribution in [0.2, 0.25) is 0 Å². The van der Waals surface area contributed by atoms with Gasteiger partial charge in [0.15, 0.2) is 71.2 Å². The zero-order chi connectivity index (χ0) is 74.1. The average Bonchev–Trinajstić information content (AvgIpc) is 1.68. The van der Waals surface area contributed by atoms with Crippen LogP contribution in [-0.2, 0) is 93.3 Å². The van der Waals surface area contributed by atoms with Crippen LogP contribution >= 0.6 is 7.82 Å². The largest absolute Gasteiger partial charge is 0.514 e. The molecule has 8 aliphatic heterocycles. The molecule has 6 aromatic carbocycles. The second-order valence-corrected chi connectivity index (χ2v) is 28.2. The number of aliphatic hydroxyl groups is 2. The summed E-state index contributed by atoms with van der Waals surface area (Å²) in [4.78, 5) is 67.5. The normalized spacial score (nSPS) is 31.7. The minimum atomic E-state index is -5.64. The number of aliphatic hydroxyl groups excluding tert-OH is 2. The predicted octanol–water partition coefficient (Wildman–Crippen LogP) is 7.86. The molecule has 3 N–H and O–H groups in total. The standard InChI is InChI=1S/C74H75O32P/c1-33-87-29-53-65(97-33)67(59(75)71(99-53)101-61-41-23-47-45(93-31-95-47)21-39(41)55(57-43(61)27-89-69(57)77)37-17-49(83-3)63(50(18-37)84-4)103-73(79)91-25-35-13-9-7-10-14-35)105-107(81,82)106-68-60(76)72(100-54-30-88-34(2)98-66(54)68)102-62-42-24-48-46(94-32-96-48)22-40(42)56(58-44(62)28-90-70(58)78)38-19-51(85-5)64(52(20-38)86-6)104-74(80)92-26-36-15-11-8-12-16-36/h7-24,33-34,43-44,53-62,65-68,71-72,75-76H,25-32H2,1-6H3,(H,81,82)/t33-,34-,43+,44+,53-,54-,55-,56-,57+,58+,59-,60-,61-,62-,65-,66-,67-,68-,71+,72+/m1/s1. The minimum absolute atomic E-state index is 0.0507. The second-order valence-electron chi connectivity index (χ2n) is 26.8. The van der Waals surface area contributed by atoms with Crippen molar-refractivity contribution in [1.82, 2.24) is 0 Å². The zero-order valence-corrected chi connectivity index (χ0v) is 59.1. The number of methoxy groups -OCH3 is 4. The van der Waals surface area contributed by atoms with E-state index in [0.29, 0.717) is 56.4 Å². The first-order chi connectivity index (χ1) is 51.8. The molecule has 0 amide bonds. The molecule has 0 bridgehead atoms. The molecule has 2 aliphatic carbocycles. The number of benzene rings is 6. The Morgan fingerprint density at radius 1 is 0.486 bits per heavy atom. The van der Waals surface area contributed by atoms with Gasteiger partial charge >= 0.3 is 32.1 Å². The highest BCUT2D eigenvalue weighted by Crippen LogP contribution is 2.61. The number of esters is 2. The van der Waals surface area contributed by atoms with Crippen molar-refractivity contribution in [2.24, 2.45) is 23.7 Å². The summed E-state index contributed by atoms with van der Waals surface area (Å²) in [6.07, 6.45) is -22.5. The molecule has 0 unspecified atom stereocenters. The van der Waals surface area contributed by atoms with Gasteiger partial charge in [-0.2, -0.15) is 0 Å². The molecule has 32 nitrogen and oxygen atoms in total. The molecule has 20 atom stereocenters. The maximum Gasteiger partial charge on any atom is 0.514 e. The van der Waals surface area contributed by atoms with Crippen molar-refractivity contribution in [2.75, 3.05) is 68.5 Å². The van der Waals surface area contributed by atoms with E-state index < -0.39 is 154 Å². The third kappa shape index (κ3) is 13.9. The SMILES string of the molecule is COc1cc([C@@H]2c3cc4c(cc3[C@@H](O[C@@H]3O[C@@H]5CO[C@@H](C)O[C@H]5[C@H](OP(=O)(O)O[C@@H]5[C@@H](O)[C@H](O[C@@H]6c7cc8c(cc7[C@@H](c7cc(OC)c(OC(=O)OCc9ccccc9)c(OC)c7)[C@H]7C(=O)OC[C@@H]76)OCO8)O[C@@H]6CO[C@@H](C)O[C@@H]56)[C@H]3O)[C@H]3COC(=O)[C@H]23)OCO4)cc(OC)c1OC(=O)OCc1ccccc1. The highest BCUT2D eigenvalue weighted by molar-refractivity contribution is 7.47. The summed E-state index contributed by atoms with van der Waals surface area (Å²) in [5, 5.41) is 25.5. The van der Waals surface area contributed by atoms with Crippen molar-refractivity contribution in [1.29, 1.82) is 0 Å². The number of ether oxygens (including phenoxy) is 22. The van der Waals surface area contributed by atoms with Crippen LogP contribution in [0.4, 0.5) is 9.59 Å². The summed E-state index contributed by atoms with van der Waals surface area (Å²) in [5.74, 6) is -5.43. The lowest BCUT2D eigenvalue weighted by Crippen LogP contribution is -2.64. The van der Waals surface area contributed by atoms with Crippen molar-refractivity contribution >= 4 is 32.1 Å². The van der Waals surface area contributed by atoms with Gasteiger partial charge < -0.3 is 119 Å². The van der Waals surface area contributed by atoms with Gasteiger partial charge in [-0.25, -0.2) is 14.2 Å². The lowest BCUT2D eigenvalue weighted by molar-refractivity contribution is -0.367. The van der Waals surface area contributed by atoms with Crippen LogP contribution in [0.25, 0.3) is 0 Å². The van der Waals surface area contributed by atoms with E-state index in [1.54, 1.807) is 111 Å². The number of cyclic esters (lactones) is 2. The summed E-state index contributed by atoms with van der Waals surface area (Å²) in [6.45, 7) is 1.87. The maximum absolute atomic E-state index is 15.2. The Labute approximate surface area is 610 Å². The number of fused-ring (bicyclic) bond motifs is 8. The van der Waals surface area contributed by atoms with Crippen molar-refractivity contribution < 1.29 is 152 Å². The third-order valence-electron chi connectivity index (χ3n) is 20.7. The lowest BCUT2D eigenvalue weighted by Gasteiger charge is -2.50. The maximum atomic E-state index is 15.2. The number of hydrogen-bond acceptors (Lipinski definition) is 31. The number of phosphoric ester groups is 1. The number of carbonyl (C=O) groups excluding carboxylic acids is 4. The smallest absolute Gasteiger partial charge is 0.493 e. The molecule has 107 heavy (non-hydrogen) atoms.